The third-order valence-electron chi connectivity index (χ3n) is 2.21. The molecule has 0 saturated carbocycles. The Labute approximate surface area is 116 Å². The van der Waals surface area contributed by atoms with Crippen molar-refractivity contribution in [2.24, 2.45) is 0 Å². The average Bonchev–Trinajstić information content (AvgIpc) is 2.67. The van der Waals surface area contributed by atoms with Crippen molar-refractivity contribution in [3.8, 4) is 11.1 Å². The minimum absolute atomic E-state index is 0.303. The summed E-state index contributed by atoms with van der Waals surface area (Å²) in [7, 11) is 0. The van der Waals surface area contributed by atoms with Crippen LogP contribution in [-0.2, 0) is 0 Å². The van der Waals surface area contributed by atoms with Gasteiger partial charge in [-0.3, -0.25) is 0 Å². The Bertz CT molecular complexity index is 1150. The maximum Gasteiger partial charge on any atom is 0.0645 e. The number of nitrogen functional groups attached to an aromatic ring is 1. The molecule has 3 rings (SSSR count). The van der Waals surface area contributed by atoms with Gasteiger partial charge in [0.15, 0.2) is 0 Å². The van der Waals surface area contributed by atoms with E-state index in [4.69, 9.17) is 20.8 Å². The molecule has 0 aromatic heterocycles. The molecule has 0 saturated heterocycles. The first-order valence-electron chi connectivity index (χ1n) is 10.3. The van der Waals surface area contributed by atoms with Crippen molar-refractivity contribution in [2.45, 2.75) is 0 Å². The van der Waals surface area contributed by atoms with Gasteiger partial charge >= 0.3 is 0 Å². The molecule has 1 heteroatoms. The van der Waals surface area contributed by atoms with Crippen LogP contribution in [-0.4, -0.2) is 0 Å². The molecule has 3 aromatic carbocycles. The van der Waals surface area contributed by atoms with Crippen LogP contribution in [0.3, 0.4) is 0 Å². The van der Waals surface area contributed by atoms with E-state index in [0.717, 1.165) is 0 Å². The normalized spacial score (nSPS) is 19.6. The van der Waals surface area contributed by atoms with E-state index in [-0.39, 0.29) is 16.3 Å². The van der Waals surface area contributed by atoms with Crippen LogP contribution in [0.4, 0.5) is 5.69 Å². The Kier molecular flexibility index (Phi) is 0.837. The highest BCUT2D eigenvalue weighted by atomic mass is 14.5. The summed E-state index contributed by atoms with van der Waals surface area (Å²) < 4.78 is 88.5. The smallest absolute Gasteiger partial charge is 0.0645 e. The summed E-state index contributed by atoms with van der Waals surface area (Å²) in [5.74, 6) is 0. The molecule has 0 amide bonds. The summed E-state index contributed by atoms with van der Waals surface area (Å²) in [6.45, 7) is 0. The Hall–Kier alpha value is -2.28. The van der Waals surface area contributed by atoms with Gasteiger partial charge in [0.25, 0.3) is 0 Å². The summed E-state index contributed by atoms with van der Waals surface area (Å²) >= 11 is 0. The number of fused-ring (bicyclic) bond motifs is 1. The van der Waals surface area contributed by atoms with Crippen LogP contribution in [0, 0.1) is 0 Å². The summed E-state index contributed by atoms with van der Waals surface area (Å²) in [6.07, 6.45) is 0. The molecule has 0 radical (unpaired) electrons. The van der Waals surface area contributed by atoms with Gasteiger partial charge in [0.2, 0.25) is 0 Å². The summed E-state index contributed by atoms with van der Waals surface area (Å²) in [5, 5.41) is -0.627. The second-order valence-electron chi connectivity index (χ2n) is 3.29. The molecule has 3 aromatic rings. The number of rotatable bonds is 1. The molecule has 0 heterocycles. The lowest BCUT2D eigenvalue weighted by Gasteiger charge is -2.06. The third kappa shape index (κ3) is 1.76. The molecule has 0 fully saturated rings. The van der Waals surface area contributed by atoms with Crippen LogP contribution < -0.4 is 5.73 Å². The van der Waals surface area contributed by atoms with Crippen molar-refractivity contribution in [3.63, 3.8) is 0 Å². The molecule has 0 aliphatic rings. The highest BCUT2D eigenvalue weighted by molar-refractivity contribution is 5.96. The summed E-state index contributed by atoms with van der Waals surface area (Å²) in [4.78, 5) is 0. The standard InChI is InChI=1S/C16H13N/c17-14-10-8-13(9-11-14)16-7-3-5-12-4-1-2-6-15(12)16/h1-11H,17H2/i1D,2D,3D,4D,5D,6D,7D,8D,9D,10D,11D. The zero-order valence-corrected chi connectivity index (χ0v) is 8.58. The fourth-order valence-electron chi connectivity index (χ4n) is 1.45. The van der Waals surface area contributed by atoms with Crippen molar-refractivity contribution < 1.29 is 15.1 Å². The van der Waals surface area contributed by atoms with E-state index in [0.29, 0.717) is 0 Å². The van der Waals surface area contributed by atoms with Crippen LogP contribution in [0.2, 0.25) is 0 Å². The van der Waals surface area contributed by atoms with Gasteiger partial charge in [0, 0.05) is 5.69 Å². The second-order valence-corrected chi connectivity index (χ2v) is 3.29. The van der Waals surface area contributed by atoms with Crippen LogP contribution in [0.15, 0.2) is 66.5 Å². The van der Waals surface area contributed by atoms with E-state index in [1.54, 1.807) is 0 Å². The SMILES string of the molecule is [2H]c1c([2H])c(-c2c([2H])c([2H])c([2H])c3c([2H])c([2H])c([2H])c([2H])c23)c([2H])c([2H])c1N. The van der Waals surface area contributed by atoms with Gasteiger partial charge in [-0.15, -0.1) is 0 Å². The molecule has 0 aliphatic heterocycles. The molecule has 0 bridgehead atoms. The molecule has 82 valence electrons. The van der Waals surface area contributed by atoms with Crippen molar-refractivity contribution in [2.75, 3.05) is 5.73 Å². The number of hydrogen-bond acceptors (Lipinski definition) is 1. The van der Waals surface area contributed by atoms with E-state index < -0.39 is 77.7 Å². The van der Waals surface area contributed by atoms with E-state index in [1.807, 2.05) is 0 Å². The van der Waals surface area contributed by atoms with E-state index in [9.17, 15) is 0 Å². The van der Waals surface area contributed by atoms with Gasteiger partial charge in [-0.05, 0) is 34.0 Å². The Morgan fingerprint density at radius 1 is 0.765 bits per heavy atom. The highest BCUT2D eigenvalue weighted by Crippen LogP contribution is 2.28. The first kappa shape index (κ1) is 3.61. The van der Waals surface area contributed by atoms with Gasteiger partial charge in [0.05, 0.1) is 15.1 Å². The molecule has 0 aliphatic carbocycles. The maximum absolute atomic E-state index is 8.25. The third-order valence-corrected chi connectivity index (χ3v) is 2.21. The lowest BCUT2D eigenvalue weighted by molar-refractivity contribution is 1.64. The molecule has 17 heavy (non-hydrogen) atoms. The first-order chi connectivity index (χ1) is 12.9. The second kappa shape index (κ2) is 3.95. The molecule has 0 unspecified atom stereocenters. The van der Waals surface area contributed by atoms with E-state index in [2.05, 4.69) is 0 Å². The van der Waals surface area contributed by atoms with Gasteiger partial charge in [-0.25, -0.2) is 0 Å². The Morgan fingerprint density at radius 3 is 2.29 bits per heavy atom. The minimum atomic E-state index is -0.652. The van der Waals surface area contributed by atoms with Crippen LogP contribution in [0.25, 0.3) is 21.9 Å². The van der Waals surface area contributed by atoms with Gasteiger partial charge in [-0.1, -0.05) is 54.4 Å². The van der Waals surface area contributed by atoms with Crippen LogP contribution >= 0.6 is 0 Å². The summed E-state index contributed by atoms with van der Waals surface area (Å²) in [5.41, 5.74) is 4.41. The fraction of sp³-hybridized carbons (Fsp3) is 0. The number of nitrogens with two attached hydrogens (primary N) is 1. The number of anilines is 1. The van der Waals surface area contributed by atoms with Crippen LogP contribution in [0.1, 0.15) is 15.1 Å². The lowest BCUT2D eigenvalue weighted by Crippen LogP contribution is -1.85. The van der Waals surface area contributed by atoms with E-state index >= 15 is 0 Å². The van der Waals surface area contributed by atoms with Gasteiger partial charge in [0.1, 0.15) is 0 Å². The first-order valence-corrected chi connectivity index (χ1v) is 4.79. The molecular formula is C16H13N. The zero-order valence-electron chi connectivity index (χ0n) is 19.6. The predicted octanol–water partition coefficient (Wildman–Crippen LogP) is 4.09. The highest BCUT2D eigenvalue weighted by Gasteiger charge is 2.02. The van der Waals surface area contributed by atoms with Gasteiger partial charge < -0.3 is 5.73 Å². The van der Waals surface area contributed by atoms with Crippen LogP contribution in [0.5, 0.6) is 0 Å². The average molecular weight is 230 g/mol. The predicted molar refractivity (Wildman–Crippen MR) is 73.8 cm³/mol. The van der Waals surface area contributed by atoms with Crippen molar-refractivity contribution in [1.29, 1.82) is 0 Å². The fourth-order valence-corrected chi connectivity index (χ4v) is 1.45. The molecule has 1 nitrogen and oxygen atoms in total. The monoisotopic (exact) mass is 230 g/mol. The van der Waals surface area contributed by atoms with Gasteiger partial charge in [-0.2, -0.15) is 0 Å². The Morgan fingerprint density at radius 2 is 1.47 bits per heavy atom. The summed E-state index contributed by atoms with van der Waals surface area (Å²) in [6, 6.07) is -6.63. The molecular weight excluding hydrogens is 206 g/mol. The maximum atomic E-state index is 8.25. The van der Waals surface area contributed by atoms with Crippen molar-refractivity contribution in [1.82, 2.24) is 0 Å². The topological polar surface area (TPSA) is 26.0 Å². The van der Waals surface area contributed by atoms with Crippen molar-refractivity contribution >= 4 is 16.5 Å². The lowest BCUT2D eigenvalue weighted by atomic mass is 9.98. The Balaban J connectivity index is 2.73. The largest absolute Gasteiger partial charge is 0.399 e. The molecule has 0 atom stereocenters. The molecule has 0 spiro atoms. The quantitative estimate of drug-likeness (QED) is 0.626. The number of benzene rings is 3. The number of hydrogen-bond donors (Lipinski definition) is 1. The molecule has 2 N–H and O–H groups in total. The van der Waals surface area contributed by atoms with E-state index in [1.165, 1.54) is 0 Å². The zero-order chi connectivity index (χ0) is 21.2. The van der Waals surface area contributed by atoms with Crippen molar-refractivity contribution in [3.05, 3.63) is 66.5 Å². The minimum Gasteiger partial charge on any atom is -0.399 e.